The number of pyridine rings is 1. The van der Waals surface area contributed by atoms with Gasteiger partial charge in [-0.3, -0.25) is 14.6 Å². The van der Waals surface area contributed by atoms with Crippen molar-refractivity contribution in [3.05, 3.63) is 53.9 Å². The largest absolute Gasteiger partial charge is 0.372 e. The van der Waals surface area contributed by atoms with Gasteiger partial charge in [-0.05, 0) is 68.5 Å². The van der Waals surface area contributed by atoms with E-state index in [0.717, 1.165) is 25.4 Å². The van der Waals surface area contributed by atoms with E-state index in [9.17, 15) is 9.59 Å². The molecule has 0 aliphatic carbocycles. The zero-order chi connectivity index (χ0) is 20.8. The number of nitrogens with zero attached hydrogens (tertiary/aromatic N) is 2. The van der Waals surface area contributed by atoms with Crippen LogP contribution in [0.25, 0.3) is 0 Å². The molecule has 0 spiro atoms. The number of aromatic nitrogens is 1. The van der Waals surface area contributed by atoms with Crippen molar-refractivity contribution in [2.75, 3.05) is 23.3 Å². The summed E-state index contributed by atoms with van der Waals surface area (Å²) in [5.41, 5.74) is 2.54. The Balaban J connectivity index is 1.63. The minimum Gasteiger partial charge on any atom is -0.372 e. The van der Waals surface area contributed by atoms with Gasteiger partial charge in [0.15, 0.2) is 0 Å². The van der Waals surface area contributed by atoms with Gasteiger partial charge >= 0.3 is 0 Å². The number of anilines is 2. The zero-order valence-electron chi connectivity index (χ0n) is 17.4. The van der Waals surface area contributed by atoms with Crippen LogP contribution >= 0.6 is 0 Å². The lowest BCUT2D eigenvalue weighted by molar-refractivity contribution is 0.0939. The molecule has 3 rings (SSSR count). The average molecular weight is 395 g/mol. The molecule has 0 saturated carbocycles. The number of benzene rings is 1. The summed E-state index contributed by atoms with van der Waals surface area (Å²) in [6.45, 7) is 8.39. The van der Waals surface area contributed by atoms with Crippen LogP contribution in [0.2, 0.25) is 0 Å². The fourth-order valence-electron chi connectivity index (χ4n) is 3.32. The molecule has 2 amide bonds. The fraction of sp³-hybridized carbons (Fsp3) is 0.435. The van der Waals surface area contributed by atoms with Crippen molar-refractivity contribution in [1.29, 1.82) is 0 Å². The quantitative estimate of drug-likeness (QED) is 0.774. The van der Waals surface area contributed by atoms with E-state index >= 15 is 0 Å². The minimum absolute atomic E-state index is 0.0783. The highest BCUT2D eigenvalue weighted by molar-refractivity contribution is 6.04. The van der Waals surface area contributed by atoms with Gasteiger partial charge in [0.05, 0.1) is 0 Å². The van der Waals surface area contributed by atoms with Gasteiger partial charge in [0.2, 0.25) is 0 Å². The normalized spacial score (nSPS) is 15.6. The molecule has 154 valence electrons. The molecule has 1 aliphatic heterocycles. The topological polar surface area (TPSA) is 74.3 Å². The minimum atomic E-state index is -0.331. The van der Waals surface area contributed by atoms with Crippen molar-refractivity contribution in [3.8, 4) is 0 Å². The Kier molecular flexibility index (Phi) is 6.86. The molecule has 1 unspecified atom stereocenters. The molecule has 0 radical (unpaired) electrons. The van der Waals surface area contributed by atoms with Crippen LogP contribution in [0.1, 0.15) is 60.9 Å². The maximum atomic E-state index is 12.6. The number of rotatable bonds is 6. The van der Waals surface area contributed by atoms with E-state index < -0.39 is 0 Å². The van der Waals surface area contributed by atoms with E-state index in [4.69, 9.17) is 0 Å². The summed E-state index contributed by atoms with van der Waals surface area (Å²) in [6.07, 6.45) is 4.76. The van der Waals surface area contributed by atoms with Crippen molar-refractivity contribution in [1.82, 2.24) is 10.3 Å². The third kappa shape index (κ3) is 5.56. The van der Waals surface area contributed by atoms with Gasteiger partial charge in [-0.15, -0.1) is 0 Å². The van der Waals surface area contributed by atoms with Crippen molar-refractivity contribution in [3.63, 3.8) is 0 Å². The highest BCUT2D eigenvalue weighted by Gasteiger charge is 2.17. The van der Waals surface area contributed by atoms with Gasteiger partial charge in [0, 0.05) is 42.3 Å². The summed E-state index contributed by atoms with van der Waals surface area (Å²) >= 11 is 0. The first-order valence-electron chi connectivity index (χ1n) is 10.4. The van der Waals surface area contributed by atoms with Gasteiger partial charge in [0.1, 0.15) is 5.69 Å². The maximum Gasteiger partial charge on any atom is 0.274 e. The first-order valence-corrected chi connectivity index (χ1v) is 10.4. The van der Waals surface area contributed by atoms with E-state index in [2.05, 4.69) is 27.4 Å². The highest BCUT2D eigenvalue weighted by atomic mass is 16.2. The summed E-state index contributed by atoms with van der Waals surface area (Å²) in [5, 5.41) is 5.76. The molecule has 1 aromatic heterocycles. The van der Waals surface area contributed by atoms with Crippen molar-refractivity contribution in [2.45, 2.75) is 46.1 Å². The molecule has 1 atom stereocenters. The summed E-state index contributed by atoms with van der Waals surface area (Å²) < 4.78 is 0. The van der Waals surface area contributed by atoms with E-state index in [1.54, 1.807) is 6.07 Å². The predicted molar refractivity (Wildman–Crippen MR) is 116 cm³/mol. The lowest BCUT2D eigenvalue weighted by atomic mass is 9.99. The van der Waals surface area contributed by atoms with Gasteiger partial charge in [-0.1, -0.05) is 13.8 Å². The van der Waals surface area contributed by atoms with E-state index in [1.807, 2.05) is 38.1 Å². The highest BCUT2D eigenvalue weighted by Crippen LogP contribution is 2.24. The Morgan fingerprint density at radius 2 is 1.83 bits per heavy atom. The monoisotopic (exact) mass is 394 g/mol. The second kappa shape index (κ2) is 9.54. The molecule has 29 heavy (non-hydrogen) atoms. The van der Waals surface area contributed by atoms with Crippen LogP contribution < -0.4 is 15.5 Å². The van der Waals surface area contributed by atoms with Crippen LogP contribution in [0, 0.1) is 5.92 Å². The molecular formula is C23H30N4O2. The molecular weight excluding hydrogens is 364 g/mol. The van der Waals surface area contributed by atoms with Crippen molar-refractivity contribution >= 4 is 23.2 Å². The summed E-state index contributed by atoms with van der Waals surface area (Å²) in [5.74, 6) is 0.263. The van der Waals surface area contributed by atoms with Gasteiger partial charge < -0.3 is 15.5 Å². The second-order valence-electron chi connectivity index (χ2n) is 7.88. The first-order chi connectivity index (χ1) is 14.0. The van der Waals surface area contributed by atoms with Crippen LogP contribution in [-0.2, 0) is 0 Å². The third-order valence-electron chi connectivity index (χ3n) is 5.52. The van der Waals surface area contributed by atoms with Crippen molar-refractivity contribution < 1.29 is 9.59 Å². The summed E-state index contributed by atoms with van der Waals surface area (Å²) in [4.78, 5) is 31.4. The summed E-state index contributed by atoms with van der Waals surface area (Å²) in [7, 11) is 0. The Hall–Kier alpha value is -2.89. The fourth-order valence-corrected chi connectivity index (χ4v) is 3.32. The Morgan fingerprint density at radius 3 is 2.48 bits per heavy atom. The first kappa shape index (κ1) is 20.8. The van der Waals surface area contributed by atoms with E-state index in [1.165, 1.54) is 30.8 Å². The SMILES string of the molecule is CCC(C)NC(=O)c1ccnc(C(=O)Nc2ccc(N3CCC(C)CC3)cc2)c1. The van der Waals surface area contributed by atoms with Crippen LogP contribution in [-0.4, -0.2) is 35.9 Å². The summed E-state index contributed by atoms with van der Waals surface area (Å²) in [6, 6.07) is 11.1. The second-order valence-corrected chi connectivity index (χ2v) is 7.88. The lowest BCUT2D eigenvalue weighted by Crippen LogP contribution is -2.32. The van der Waals surface area contributed by atoms with Crippen LogP contribution in [0.4, 0.5) is 11.4 Å². The molecule has 1 saturated heterocycles. The van der Waals surface area contributed by atoms with Gasteiger partial charge in [-0.25, -0.2) is 0 Å². The van der Waals surface area contributed by atoms with Crippen LogP contribution in [0.3, 0.4) is 0 Å². The number of piperidine rings is 1. The van der Waals surface area contributed by atoms with E-state index in [0.29, 0.717) is 11.3 Å². The molecule has 2 heterocycles. The zero-order valence-corrected chi connectivity index (χ0v) is 17.4. The molecule has 2 N–H and O–H groups in total. The van der Waals surface area contributed by atoms with Crippen molar-refractivity contribution in [2.24, 2.45) is 5.92 Å². The number of hydrogen-bond acceptors (Lipinski definition) is 4. The number of amides is 2. The maximum absolute atomic E-state index is 12.6. The van der Waals surface area contributed by atoms with E-state index in [-0.39, 0.29) is 23.6 Å². The smallest absolute Gasteiger partial charge is 0.274 e. The third-order valence-corrected chi connectivity index (χ3v) is 5.52. The molecule has 1 aliphatic rings. The lowest BCUT2D eigenvalue weighted by Gasteiger charge is -2.32. The number of carbonyl (C=O) groups excluding carboxylic acids is 2. The molecule has 0 bridgehead atoms. The molecule has 1 fully saturated rings. The van der Waals surface area contributed by atoms with Crippen LogP contribution in [0.15, 0.2) is 42.6 Å². The Morgan fingerprint density at radius 1 is 1.14 bits per heavy atom. The molecule has 1 aromatic carbocycles. The molecule has 2 aromatic rings. The molecule has 6 nitrogen and oxygen atoms in total. The van der Waals surface area contributed by atoms with Crippen LogP contribution in [0.5, 0.6) is 0 Å². The average Bonchev–Trinajstić information content (AvgIpc) is 2.75. The standard InChI is InChI=1S/C23H30N4O2/c1-4-17(3)25-22(28)18-9-12-24-21(15-18)23(29)26-19-5-7-20(8-6-19)27-13-10-16(2)11-14-27/h5-9,12,15-17H,4,10-11,13-14H2,1-3H3,(H,25,28)(H,26,29). The number of hydrogen-bond donors (Lipinski definition) is 2. The number of nitrogens with one attached hydrogen (secondary N) is 2. The van der Waals surface area contributed by atoms with Gasteiger partial charge in [0.25, 0.3) is 11.8 Å². The Bertz CT molecular complexity index is 842. The number of carbonyl (C=O) groups is 2. The predicted octanol–water partition coefficient (Wildman–Crippen LogP) is 4.10. The molecule has 6 heteroatoms. The van der Waals surface area contributed by atoms with Gasteiger partial charge in [-0.2, -0.15) is 0 Å². The Labute approximate surface area is 172 Å².